The second kappa shape index (κ2) is 7.10. The Bertz CT molecular complexity index is 120. The number of carbonyl (C=O) groups is 1. The first-order chi connectivity index (χ1) is 5.74. The van der Waals surface area contributed by atoms with Crippen molar-refractivity contribution in [2.45, 2.75) is 40.0 Å². The van der Waals surface area contributed by atoms with Crippen LogP contribution in [-0.4, -0.2) is 24.0 Å². The largest absolute Gasteiger partial charge is 0.289 e. The predicted molar refractivity (Wildman–Crippen MR) is 50.6 cm³/mol. The molecule has 12 heavy (non-hydrogen) atoms. The molecule has 0 atom stereocenters. The summed E-state index contributed by atoms with van der Waals surface area (Å²) >= 11 is 0. The molecule has 0 fully saturated rings. The third kappa shape index (κ3) is 5.13. The van der Waals surface area contributed by atoms with Crippen molar-refractivity contribution in [2.75, 3.05) is 13.1 Å². The highest BCUT2D eigenvalue weighted by Crippen LogP contribution is 1.90. The van der Waals surface area contributed by atoms with E-state index in [-0.39, 0.29) is 5.91 Å². The zero-order valence-electron chi connectivity index (χ0n) is 8.39. The molecule has 0 aliphatic heterocycles. The zero-order chi connectivity index (χ0) is 9.40. The molecule has 0 rings (SSSR count). The topological polar surface area (TPSA) is 32.3 Å². The standard InChI is InChI=1S/C9H20N2O/c1-4-7-11(8-5-2)10-9(12)6-3/h4-8H2,1-3H3,(H,10,12). The molecule has 0 spiro atoms. The molecule has 1 N–H and O–H groups in total. The summed E-state index contributed by atoms with van der Waals surface area (Å²) in [7, 11) is 0. The Morgan fingerprint density at radius 3 is 2.00 bits per heavy atom. The van der Waals surface area contributed by atoms with Crippen LogP contribution in [0.3, 0.4) is 0 Å². The molecule has 0 unspecified atom stereocenters. The van der Waals surface area contributed by atoms with Crippen LogP contribution in [-0.2, 0) is 4.79 Å². The maximum atomic E-state index is 11.0. The number of hydrogen-bond donors (Lipinski definition) is 1. The summed E-state index contributed by atoms with van der Waals surface area (Å²) < 4.78 is 0. The SMILES string of the molecule is CCCN(CCC)NC(=O)CC. The predicted octanol–water partition coefficient (Wildman–Crippen LogP) is 1.55. The van der Waals surface area contributed by atoms with E-state index in [4.69, 9.17) is 0 Å². The van der Waals surface area contributed by atoms with Gasteiger partial charge in [-0.25, -0.2) is 5.01 Å². The Hall–Kier alpha value is -0.570. The van der Waals surface area contributed by atoms with Gasteiger partial charge >= 0.3 is 0 Å². The van der Waals surface area contributed by atoms with Gasteiger partial charge in [-0.2, -0.15) is 0 Å². The number of nitrogens with one attached hydrogen (secondary N) is 1. The third-order valence-corrected chi connectivity index (χ3v) is 1.59. The fourth-order valence-electron chi connectivity index (χ4n) is 1.02. The Morgan fingerprint density at radius 2 is 1.67 bits per heavy atom. The van der Waals surface area contributed by atoms with Crippen LogP contribution in [0.25, 0.3) is 0 Å². The van der Waals surface area contributed by atoms with E-state index in [1.165, 1.54) is 0 Å². The molecule has 0 heterocycles. The van der Waals surface area contributed by atoms with Crippen molar-refractivity contribution < 1.29 is 4.79 Å². The van der Waals surface area contributed by atoms with E-state index < -0.39 is 0 Å². The van der Waals surface area contributed by atoms with E-state index in [0.29, 0.717) is 6.42 Å². The number of hydrazine groups is 1. The molecule has 0 aliphatic rings. The molecular formula is C9H20N2O. The van der Waals surface area contributed by atoms with E-state index in [1.807, 2.05) is 11.9 Å². The van der Waals surface area contributed by atoms with Gasteiger partial charge in [0.25, 0.3) is 0 Å². The monoisotopic (exact) mass is 172 g/mol. The minimum Gasteiger partial charge on any atom is -0.289 e. The molecule has 0 aromatic heterocycles. The van der Waals surface area contributed by atoms with E-state index >= 15 is 0 Å². The van der Waals surface area contributed by atoms with Gasteiger partial charge in [-0.1, -0.05) is 20.8 Å². The van der Waals surface area contributed by atoms with Crippen molar-refractivity contribution in [3.05, 3.63) is 0 Å². The van der Waals surface area contributed by atoms with Crippen molar-refractivity contribution in [1.29, 1.82) is 0 Å². The molecule has 0 saturated carbocycles. The van der Waals surface area contributed by atoms with Crippen molar-refractivity contribution >= 4 is 5.91 Å². The summed E-state index contributed by atoms with van der Waals surface area (Å²) in [6.45, 7) is 7.98. The Kier molecular flexibility index (Phi) is 6.76. The molecular weight excluding hydrogens is 152 g/mol. The second-order valence-electron chi connectivity index (χ2n) is 2.88. The summed E-state index contributed by atoms with van der Waals surface area (Å²) in [6, 6.07) is 0. The number of amides is 1. The molecule has 3 nitrogen and oxygen atoms in total. The van der Waals surface area contributed by atoms with E-state index in [9.17, 15) is 4.79 Å². The highest BCUT2D eigenvalue weighted by Gasteiger charge is 2.04. The lowest BCUT2D eigenvalue weighted by Gasteiger charge is -2.21. The van der Waals surface area contributed by atoms with Gasteiger partial charge in [0.15, 0.2) is 0 Å². The van der Waals surface area contributed by atoms with Crippen molar-refractivity contribution in [3.8, 4) is 0 Å². The molecule has 0 aromatic rings. The van der Waals surface area contributed by atoms with Crippen LogP contribution in [0.5, 0.6) is 0 Å². The minimum absolute atomic E-state index is 0.108. The summed E-state index contributed by atoms with van der Waals surface area (Å²) in [6.07, 6.45) is 2.71. The Morgan fingerprint density at radius 1 is 1.17 bits per heavy atom. The smallest absolute Gasteiger partial charge is 0.233 e. The molecule has 0 bridgehead atoms. The quantitative estimate of drug-likeness (QED) is 0.616. The van der Waals surface area contributed by atoms with Crippen LogP contribution in [0.15, 0.2) is 0 Å². The van der Waals surface area contributed by atoms with Gasteiger partial charge in [0.1, 0.15) is 0 Å². The van der Waals surface area contributed by atoms with Gasteiger partial charge in [-0.3, -0.25) is 10.2 Å². The van der Waals surface area contributed by atoms with Crippen LogP contribution in [0.2, 0.25) is 0 Å². The minimum atomic E-state index is 0.108. The average Bonchev–Trinajstić information content (AvgIpc) is 2.05. The molecule has 3 heteroatoms. The van der Waals surface area contributed by atoms with Gasteiger partial charge < -0.3 is 0 Å². The number of hydrogen-bond acceptors (Lipinski definition) is 2. The highest BCUT2D eigenvalue weighted by atomic mass is 16.2. The van der Waals surface area contributed by atoms with E-state index in [0.717, 1.165) is 25.9 Å². The summed E-state index contributed by atoms with van der Waals surface area (Å²) in [5.74, 6) is 0.108. The number of rotatable bonds is 6. The summed E-state index contributed by atoms with van der Waals surface area (Å²) in [5, 5.41) is 1.99. The molecule has 0 radical (unpaired) electrons. The maximum Gasteiger partial charge on any atom is 0.233 e. The molecule has 72 valence electrons. The van der Waals surface area contributed by atoms with Gasteiger partial charge in [-0.15, -0.1) is 0 Å². The Balaban J connectivity index is 3.68. The van der Waals surface area contributed by atoms with Crippen LogP contribution < -0.4 is 5.43 Å². The van der Waals surface area contributed by atoms with Crippen molar-refractivity contribution in [3.63, 3.8) is 0 Å². The normalized spacial score (nSPS) is 10.3. The first-order valence-corrected chi connectivity index (χ1v) is 4.79. The van der Waals surface area contributed by atoms with Gasteiger partial charge in [0.2, 0.25) is 5.91 Å². The Labute approximate surface area is 75.1 Å². The van der Waals surface area contributed by atoms with Crippen LogP contribution in [0, 0.1) is 0 Å². The molecule has 1 amide bonds. The average molecular weight is 172 g/mol. The van der Waals surface area contributed by atoms with Crippen LogP contribution in [0.4, 0.5) is 0 Å². The van der Waals surface area contributed by atoms with E-state index in [1.54, 1.807) is 0 Å². The van der Waals surface area contributed by atoms with Gasteiger partial charge in [-0.05, 0) is 12.8 Å². The number of nitrogens with zero attached hydrogens (tertiary/aromatic N) is 1. The zero-order valence-corrected chi connectivity index (χ0v) is 8.39. The van der Waals surface area contributed by atoms with Gasteiger partial charge in [0, 0.05) is 19.5 Å². The lowest BCUT2D eigenvalue weighted by molar-refractivity contribution is -0.125. The highest BCUT2D eigenvalue weighted by molar-refractivity contribution is 5.74. The summed E-state index contributed by atoms with van der Waals surface area (Å²) in [4.78, 5) is 11.0. The van der Waals surface area contributed by atoms with Crippen LogP contribution >= 0.6 is 0 Å². The third-order valence-electron chi connectivity index (χ3n) is 1.59. The van der Waals surface area contributed by atoms with Gasteiger partial charge in [0.05, 0.1) is 0 Å². The van der Waals surface area contributed by atoms with Crippen molar-refractivity contribution in [2.24, 2.45) is 0 Å². The lowest BCUT2D eigenvalue weighted by atomic mass is 10.4. The fraction of sp³-hybridized carbons (Fsp3) is 0.889. The first kappa shape index (κ1) is 11.4. The first-order valence-electron chi connectivity index (χ1n) is 4.79. The van der Waals surface area contributed by atoms with Crippen molar-refractivity contribution in [1.82, 2.24) is 10.4 Å². The molecule has 0 saturated heterocycles. The molecule has 0 aliphatic carbocycles. The van der Waals surface area contributed by atoms with E-state index in [2.05, 4.69) is 19.3 Å². The maximum absolute atomic E-state index is 11.0. The lowest BCUT2D eigenvalue weighted by Crippen LogP contribution is -2.42. The van der Waals surface area contributed by atoms with Crippen LogP contribution in [0.1, 0.15) is 40.0 Å². The fourth-order valence-corrected chi connectivity index (χ4v) is 1.02. The second-order valence-corrected chi connectivity index (χ2v) is 2.88. The molecule has 0 aromatic carbocycles. The number of carbonyl (C=O) groups excluding carboxylic acids is 1. The summed E-state index contributed by atoms with van der Waals surface area (Å²) in [5.41, 5.74) is 2.86.